The molecule has 1 aromatic carbocycles. The van der Waals surface area contributed by atoms with Crippen LogP contribution in [0.1, 0.15) is 28.4 Å². The van der Waals surface area contributed by atoms with E-state index in [-0.39, 0.29) is 5.56 Å². The van der Waals surface area contributed by atoms with E-state index in [9.17, 15) is 40.6 Å². The van der Waals surface area contributed by atoms with Crippen LogP contribution in [0.15, 0.2) is 24.3 Å². The van der Waals surface area contributed by atoms with Crippen LogP contribution in [-0.4, -0.2) is 36.2 Å². The number of carbonyl (C=O) groups is 1. The van der Waals surface area contributed by atoms with Gasteiger partial charge in [0.2, 0.25) is 0 Å². The summed E-state index contributed by atoms with van der Waals surface area (Å²) in [5.74, 6) is -0.795. The van der Waals surface area contributed by atoms with E-state index in [0.717, 1.165) is 31.4 Å². The molecule has 0 saturated heterocycles. The summed E-state index contributed by atoms with van der Waals surface area (Å²) in [4.78, 5) is 11.1. The Hall–Kier alpha value is -1.84. The number of benzene rings is 1. The van der Waals surface area contributed by atoms with Crippen LogP contribution in [0.25, 0.3) is 0 Å². The van der Waals surface area contributed by atoms with Crippen molar-refractivity contribution in [3.63, 3.8) is 0 Å². The molecule has 0 aliphatic rings. The Morgan fingerprint density at radius 2 is 1.48 bits per heavy atom. The van der Waals surface area contributed by atoms with Gasteiger partial charge in [0, 0.05) is 6.42 Å². The van der Waals surface area contributed by atoms with E-state index < -0.39 is 42.1 Å². The minimum absolute atomic E-state index is 0.0402. The van der Waals surface area contributed by atoms with Crippen LogP contribution < -0.4 is 0 Å². The zero-order valence-corrected chi connectivity index (χ0v) is 11.5. The largest absolute Gasteiger partial charge is 0.465 e. The molecule has 0 spiro atoms. The van der Waals surface area contributed by atoms with Gasteiger partial charge in [0.25, 0.3) is 0 Å². The molecule has 3 nitrogen and oxygen atoms in total. The molecule has 0 fully saturated rings. The van der Waals surface area contributed by atoms with Crippen molar-refractivity contribution in [3.05, 3.63) is 35.4 Å². The molecule has 23 heavy (non-hydrogen) atoms. The molecule has 1 aromatic rings. The third-order valence-electron chi connectivity index (χ3n) is 3.09. The summed E-state index contributed by atoms with van der Waals surface area (Å²) >= 11 is 0. The molecule has 0 aromatic heterocycles. The summed E-state index contributed by atoms with van der Waals surface area (Å²) in [6.45, 7) is 0. The van der Waals surface area contributed by atoms with Crippen LogP contribution in [0.2, 0.25) is 0 Å². The molecule has 10 heteroatoms. The van der Waals surface area contributed by atoms with Crippen molar-refractivity contribution in [1.82, 2.24) is 0 Å². The molecule has 1 rings (SSSR count). The summed E-state index contributed by atoms with van der Waals surface area (Å²) < 4.78 is 92.4. The monoisotopic (exact) mass is 348 g/mol. The smallest absolute Gasteiger partial charge is 0.431 e. The van der Waals surface area contributed by atoms with E-state index in [1.165, 1.54) is 0 Å². The van der Waals surface area contributed by atoms with Crippen LogP contribution in [0.3, 0.4) is 0 Å². The van der Waals surface area contributed by atoms with Crippen molar-refractivity contribution in [2.75, 3.05) is 7.11 Å². The van der Waals surface area contributed by atoms with Crippen LogP contribution in [0, 0.1) is 0 Å². The Labute approximate surface area is 125 Å². The van der Waals surface area contributed by atoms with Gasteiger partial charge in [0.05, 0.1) is 18.8 Å². The van der Waals surface area contributed by atoms with Crippen LogP contribution in [0.4, 0.5) is 30.7 Å². The van der Waals surface area contributed by atoms with Crippen molar-refractivity contribution in [1.29, 1.82) is 0 Å². The maximum atomic E-state index is 13.5. The number of hydrogen-bond acceptors (Lipinski definition) is 3. The van der Waals surface area contributed by atoms with Gasteiger partial charge in [-0.3, -0.25) is 0 Å². The van der Waals surface area contributed by atoms with Crippen LogP contribution in [-0.2, 0) is 4.74 Å². The first-order valence-electron chi connectivity index (χ1n) is 6.02. The molecule has 0 heterocycles. The number of aliphatic hydroxyl groups excluding tert-OH is 1. The lowest BCUT2D eigenvalue weighted by Gasteiger charge is -2.31. The van der Waals surface area contributed by atoms with Gasteiger partial charge in [-0.05, 0) is 17.7 Å². The minimum atomic E-state index is -6.24. The van der Waals surface area contributed by atoms with Gasteiger partial charge in [-0.1, -0.05) is 12.1 Å². The Bertz CT molecular complexity index is 534. The molecule has 1 N–H and O–H groups in total. The van der Waals surface area contributed by atoms with Gasteiger partial charge in [-0.15, -0.1) is 0 Å². The second-order valence-electron chi connectivity index (χ2n) is 4.63. The Morgan fingerprint density at radius 1 is 1.04 bits per heavy atom. The van der Waals surface area contributed by atoms with Crippen molar-refractivity contribution in [2.24, 2.45) is 0 Å². The van der Waals surface area contributed by atoms with E-state index in [1.807, 2.05) is 0 Å². The second kappa shape index (κ2) is 6.34. The zero-order chi connectivity index (χ0) is 18.1. The molecule has 130 valence electrons. The van der Waals surface area contributed by atoms with Gasteiger partial charge >= 0.3 is 24.0 Å². The molecule has 0 saturated carbocycles. The summed E-state index contributed by atoms with van der Waals surface area (Å²) in [7, 11) is 1.06. The SMILES string of the molecule is COC(=O)c1ccc(C(O)CC(F)(C(F)(F)F)C(F)(F)F)cc1. The number of rotatable bonds is 4. The first kappa shape index (κ1) is 19.2. The fraction of sp³-hybridized carbons (Fsp3) is 0.462. The molecule has 0 aliphatic carbocycles. The van der Waals surface area contributed by atoms with Gasteiger partial charge in [0.1, 0.15) is 0 Å². The summed E-state index contributed by atoms with van der Waals surface area (Å²) in [5, 5.41) is 9.51. The molecule has 0 aliphatic heterocycles. The van der Waals surface area contributed by atoms with Gasteiger partial charge < -0.3 is 9.84 Å². The minimum Gasteiger partial charge on any atom is -0.465 e. The predicted octanol–water partition coefficient (Wildman–Crippen LogP) is 3.73. The molecular weight excluding hydrogens is 337 g/mol. The maximum Gasteiger partial charge on any atom is 0.431 e. The molecule has 1 atom stereocenters. The molecular formula is C13H11F7O3. The Morgan fingerprint density at radius 3 is 1.83 bits per heavy atom. The third-order valence-corrected chi connectivity index (χ3v) is 3.09. The standard InChI is InChI=1S/C13H11F7O3/c1-23-10(22)8-4-2-7(3-5-8)9(21)6-11(14,12(15,16)17)13(18,19)20/h2-5,9,21H,6H2,1H3. The summed E-state index contributed by atoms with van der Waals surface area (Å²) in [6, 6.07) is 3.85. The van der Waals surface area contributed by atoms with E-state index in [4.69, 9.17) is 0 Å². The number of halogens is 7. The topological polar surface area (TPSA) is 46.5 Å². The highest BCUT2D eigenvalue weighted by Gasteiger charge is 2.72. The number of methoxy groups -OCH3 is 1. The first-order valence-corrected chi connectivity index (χ1v) is 6.02. The van der Waals surface area contributed by atoms with E-state index in [2.05, 4.69) is 4.74 Å². The lowest BCUT2D eigenvalue weighted by Crippen LogP contribution is -2.54. The normalized spacial score (nSPS) is 14.5. The second-order valence-corrected chi connectivity index (χ2v) is 4.63. The van der Waals surface area contributed by atoms with Crippen LogP contribution >= 0.6 is 0 Å². The first-order chi connectivity index (χ1) is 10.3. The Balaban J connectivity index is 3.05. The Kier molecular flexibility index (Phi) is 5.30. The number of aliphatic hydroxyl groups is 1. The molecule has 0 bridgehead atoms. The van der Waals surface area contributed by atoms with E-state index >= 15 is 0 Å². The lowest BCUT2D eigenvalue weighted by molar-refractivity contribution is -0.347. The lowest BCUT2D eigenvalue weighted by atomic mass is 9.92. The highest BCUT2D eigenvalue weighted by molar-refractivity contribution is 5.89. The highest BCUT2D eigenvalue weighted by Crippen LogP contribution is 2.50. The van der Waals surface area contributed by atoms with Crippen molar-refractivity contribution in [2.45, 2.75) is 30.5 Å². The summed E-state index contributed by atoms with van der Waals surface area (Å²) in [6.07, 6.45) is -17.1. The molecule has 0 amide bonds. The predicted molar refractivity (Wildman–Crippen MR) is 63.3 cm³/mol. The average molecular weight is 348 g/mol. The number of alkyl halides is 7. The van der Waals surface area contributed by atoms with Gasteiger partial charge in [-0.2, -0.15) is 26.3 Å². The summed E-state index contributed by atoms with van der Waals surface area (Å²) in [5.41, 5.74) is -6.00. The molecule has 1 unspecified atom stereocenters. The van der Waals surface area contributed by atoms with Crippen molar-refractivity contribution >= 4 is 5.97 Å². The maximum absolute atomic E-state index is 13.5. The fourth-order valence-electron chi connectivity index (χ4n) is 1.74. The molecule has 0 radical (unpaired) electrons. The van der Waals surface area contributed by atoms with Crippen LogP contribution in [0.5, 0.6) is 0 Å². The number of esters is 1. The highest BCUT2D eigenvalue weighted by atomic mass is 19.4. The van der Waals surface area contributed by atoms with Crippen molar-refractivity contribution in [3.8, 4) is 0 Å². The quantitative estimate of drug-likeness (QED) is 0.666. The third kappa shape index (κ3) is 3.92. The van der Waals surface area contributed by atoms with E-state index in [1.54, 1.807) is 0 Å². The zero-order valence-electron chi connectivity index (χ0n) is 11.5. The average Bonchev–Trinajstić information content (AvgIpc) is 2.44. The van der Waals surface area contributed by atoms with E-state index in [0.29, 0.717) is 0 Å². The number of carbonyl (C=O) groups excluding carboxylic acids is 1. The number of hydrogen-bond donors (Lipinski definition) is 1. The fourth-order valence-corrected chi connectivity index (χ4v) is 1.74. The number of ether oxygens (including phenoxy) is 1. The van der Waals surface area contributed by atoms with Gasteiger partial charge in [0.15, 0.2) is 0 Å². The van der Waals surface area contributed by atoms with Crippen molar-refractivity contribution < 1.29 is 45.4 Å². The van der Waals surface area contributed by atoms with Gasteiger partial charge in [-0.25, -0.2) is 9.18 Å².